The fraction of sp³-hybridized carbons (Fsp3) is 1.00. The average molecular weight is 740 g/mol. The molecule has 0 aliphatic heterocycles. The molecule has 0 radical (unpaired) electrons. The quantitative estimate of drug-likeness (QED) is 0.0248. The molecular weight excluding hydrogens is 656 g/mol. The van der Waals surface area contributed by atoms with Crippen molar-refractivity contribution in [2.45, 2.75) is 206 Å². The van der Waals surface area contributed by atoms with Crippen LogP contribution in [0.15, 0.2) is 0 Å². The van der Waals surface area contributed by atoms with Crippen LogP contribution in [0.5, 0.6) is 0 Å². The average Bonchev–Trinajstić information content (AvgIpc) is 2.98. The Hall–Kier alpha value is 1.24. The zero-order valence-corrected chi connectivity index (χ0v) is 36.3. The van der Waals surface area contributed by atoms with E-state index >= 15 is 0 Å². The van der Waals surface area contributed by atoms with Crippen LogP contribution in [0.25, 0.3) is 0 Å². The van der Waals surface area contributed by atoms with Gasteiger partial charge in [-0.15, -0.1) is 0 Å². The summed E-state index contributed by atoms with van der Waals surface area (Å²) in [6.45, 7) is 13.0. The predicted molar refractivity (Wildman–Crippen MR) is 201 cm³/mol. The molecule has 0 heterocycles. The molecule has 0 aromatic heterocycles. The molecule has 0 amide bonds. The molecule has 276 valence electrons. The van der Waals surface area contributed by atoms with E-state index < -0.39 is 14.6 Å². The molecule has 0 aliphatic rings. The number of hydrogen-bond acceptors (Lipinski definition) is 6. The molecule has 0 bridgehead atoms. The van der Waals surface area contributed by atoms with Crippen LogP contribution in [0.3, 0.4) is 0 Å². The second-order valence-corrected chi connectivity index (χ2v) is 25.6. The Morgan fingerprint density at radius 1 is 0.289 bits per heavy atom. The summed E-state index contributed by atoms with van der Waals surface area (Å²) in [6, 6.07) is 0. The second kappa shape index (κ2) is 32.4. The van der Waals surface area contributed by atoms with E-state index in [-0.39, 0.29) is 41.8 Å². The molecule has 9 heteroatoms. The third kappa shape index (κ3) is 45.2. The summed E-state index contributed by atoms with van der Waals surface area (Å²) < 4.78 is 0. The molecule has 0 aliphatic carbocycles. The molecular formula is C36H84O6P2Zn. The van der Waals surface area contributed by atoms with Crippen LogP contribution in [0.2, 0.25) is 10.0 Å². The molecule has 6 nitrogen and oxygen atoms in total. The van der Waals surface area contributed by atoms with Crippen molar-refractivity contribution in [1.29, 1.82) is 0 Å². The van der Waals surface area contributed by atoms with Gasteiger partial charge in [0.2, 0.25) is 0 Å². The van der Waals surface area contributed by atoms with Crippen molar-refractivity contribution < 1.29 is 46.5 Å². The van der Waals surface area contributed by atoms with Crippen LogP contribution in [-0.2, 0) is 17.1 Å². The van der Waals surface area contributed by atoms with Crippen molar-refractivity contribution in [2.75, 3.05) is 24.6 Å². The van der Waals surface area contributed by atoms with E-state index in [0.717, 1.165) is 103 Å². The van der Waals surface area contributed by atoms with Crippen LogP contribution in [0.4, 0.5) is 0 Å². The van der Waals surface area contributed by atoms with Gasteiger partial charge < -0.3 is 0 Å². The van der Waals surface area contributed by atoms with Crippen LogP contribution < -0.4 is 0 Å². The van der Waals surface area contributed by atoms with E-state index in [2.05, 4.69) is 41.5 Å². The van der Waals surface area contributed by atoms with Gasteiger partial charge in [0.1, 0.15) is 0 Å². The maximum atomic E-state index is 9.82. The summed E-state index contributed by atoms with van der Waals surface area (Å²) in [5.74, 6) is 0. The van der Waals surface area contributed by atoms with Gasteiger partial charge in [-0.25, -0.2) is 0 Å². The van der Waals surface area contributed by atoms with Gasteiger partial charge in [-0.3, -0.25) is 0 Å². The summed E-state index contributed by atoms with van der Waals surface area (Å²) >= 11 is -0.0381. The molecule has 6 N–H and O–H groups in total. The summed E-state index contributed by atoms with van der Waals surface area (Å²) in [5.41, 5.74) is 0. The topological polar surface area (TPSA) is 121 Å². The fourth-order valence-electron chi connectivity index (χ4n) is 5.41. The SMILES string of the molecule is CCCCCCP(O)(O)(O)CCCCCC.CCCCCCP(O)(O)(O)CCCCCC.CCCCC[CH2][Zn][CH2]CCCCC. The first-order valence-corrected chi connectivity index (χ1v) is 28.8. The molecule has 0 aromatic rings. The summed E-state index contributed by atoms with van der Waals surface area (Å²) in [4.78, 5) is 58.9. The molecule has 0 saturated carbocycles. The Labute approximate surface area is 290 Å². The Morgan fingerprint density at radius 2 is 0.489 bits per heavy atom. The van der Waals surface area contributed by atoms with Gasteiger partial charge in [-0.05, 0) is 0 Å². The number of hydrogen-bond donors (Lipinski definition) is 6. The van der Waals surface area contributed by atoms with E-state index in [1.807, 2.05) is 0 Å². The summed E-state index contributed by atoms with van der Waals surface area (Å²) in [6.07, 6.45) is 28.3. The summed E-state index contributed by atoms with van der Waals surface area (Å²) in [7, 11) is -8.54. The van der Waals surface area contributed by atoms with Crippen molar-refractivity contribution >= 4 is 14.6 Å². The van der Waals surface area contributed by atoms with Crippen molar-refractivity contribution in [3.8, 4) is 0 Å². The minimum atomic E-state index is -4.27. The van der Waals surface area contributed by atoms with Gasteiger partial charge in [0.05, 0.1) is 0 Å². The molecule has 0 saturated heterocycles. The zero-order chi connectivity index (χ0) is 34.8. The molecule has 0 atom stereocenters. The van der Waals surface area contributed by atoms with E-state index in [1.54, 1.807) is 22.9 Å². The van der Waals surface area contributed by atoms with Crippen molar-refractivity contribution in [3.05, 3.63) is 0 Å². The van der Waals surface area contributed by atoms with Crippen LogP contribution in [0.1, 0.15) is 196 Å². The van der Waals surface area contributed by atoms with E-state index in [1.165, 1.54) is 38.5 Å². The Kier molecular flexibility index (Phi) is 36.5. The first-order chi connectivity index (χ1) is 21.2. The van der Waals surface area contributed by atoms with Crippen molar-refractivity contribution in [1.82, 2.24) is 0 Å². The second-order valence-electron chi connectivity index (χ2n) is 14.0. The number of unbranched alkanes of at least 4 members (excludes halogenated alkanes) is 18. The van der Waals surface area contributed by atoms with E-state index in [4.69, 9.17) is 0 Å². The van der Waals surface area contributed by atoms with Gasteiger partial charge in [-0.1, -0.05) is 0 Å². The van der Waals surface area contributed by atoms with Gasteiger partial charge >= 0.3 is 291 Å². The fourth-order valence-corrected chi connectivity index (χ4v) is 13.1. The Balaban J connectivity index is -0.000000592. The monoisotopic (exact) mass is 739 g/mol. The van der Waals surface area contributed by atoms with E-state index in [0.29, 0.717) is 0 Å². The van der Waals surface area contributed by atoms with Crippen molar-refractivity contribution in [2.24, 2.45) is 0 Å². The van der Waals surface area contributed by atoms with Gasteiger partial charge in [0.25, 0.3) is 0 Å². The summed E-state index contributed by atoms with van der Waals surface area (Å²) in [5, 5.41) is 3.33. The van der Waals surface area contributed by atoms with Crippen LogP contribution in [-0.4, -0.2) is 54.0 Å². The third-order valence-electron chi connectivity index (χ3n) is 8.59. The van der Waals surface area contributed by atoms with Crippen LogP contribution >= 0.6 is 14.6 Å². The maximum absolute atomic E-state index is 9.82. The molecule has 0 aromatic carbocycles. The standard InChI is InChI=1S/2C12H29O3P.2C6H13.Zn/c2*1-3-5-7-9-11-16(13,14,15)12-10-8-6-4-2;2*1-3-5-6-4-2;/h2*13-15H,3-12H2,1-2H3;2*1,3-6H2,2H3;. The first kappa shape index (κ1) is 50.6. The molecule has 0 fully saturated rings. The Bertz CT molecular complexity index is 512. The zero-order valence-electron chi connectivity index (χ0n) is 31.5. The minimum absolute atomic E-state index is 0.0381. The van der Waals surface area contributed by atoms with Crippen molar-refractivity contribution in [3.63, 3.8) is 0 Å². The number of rotatable bonds is 30. The van der Waals surface area contributed by atoms with Gasteiger partial charge in [-0.2, -0.15) is 0 Å². The normalized spacial score (nSPS) is 13.3. The first-order valence-electron chi connectivity index (χ1n) is 19.7. The van der Waals surface area contributed by atoms with Gasteiger partial charge in [0.15, 0.2) is 0 Å². The molecule has 0 unspecified atom stereocenters. The van der Waals surface area contributed by atoms with E-state index in [9.17, 15) is 29.4 Å². The third-order valence-corrected chi connectivity index (χ3v) is 17.7. The van der Waals surface area contributed by atoms with Gasteiger partial charge in [0, 0.05) is 0 Å². The molecule has 0 rings (SSSR count). The predicted octanol–water partition coefficient (Wildman–Crippen LogP) is 11.9. The Morgan fingerprint density at radius 3 is 0.689 bits per heavy atom. The molecule has 45 heavy (non-hydrogen) atoms. The molecule has 0 spiro atoms. The van der Waals surface area contributed by atoms with Crippen LogP contribution in [0, 0.1) is 0 Å².